The molecule has 2 N–H and O–H groups in total. The minimum Gasteiger partial charge on any atom is -0.497 e. The monoisotopic (exact) mass is 507 g/mol. The molecular formula is C25H16F3N5O2S. The van der Waals surface area contributed by atoms with Crippen LogP contribution < -0.4 is 10.5 Å². The number of nitriles is 2. The Morgan fingerprint density at radius 3 is 2.22 bits per heavy atom. The Labute approximate surface area is 208 Å². The van der Waals surface area contributed by atoms with Gasteiger partial charge in [0.2, 0.25) is 11.7 Å². The zero-order valence-corrected chi connectivity index (χ0v) is 19.4. The summed E-state index contributed by atoms with van der Waals surface area (Å²) in [5, 5.41) is 19.6. The number of hydrogen-bond acceptors (Lipinski definition) is 8. The molecule has 11 heteroatoms. The number of methoxy groups -OCH3 is 1. The van der Waals surface area contributed by atoms with Gasteiger partial charge in [0.05, 0.1) is 12.7 Å². The van der Waals surface area contributed by atoms with Gasteiger partial charge >= 0.3 is 6.18 Å². The number of halogens is 3. The lowest BCUT2D eigenvalue weighted by molar-refractivity contribution is -0.153. The molecule has 2 heterocycles. The van der Waals surface area contributed by atoms with Crippen molar-refractivity contribution in [3.63, 3.8) is 0 Å². The zero-order valence-electron chi connectivity index (χ0n) is 18.6. The Morgan fingerprint density at radius 1 is 0.972 bits per heavy atom. The van der Waals surface area contributed by atoms with Gasteiger partial charge in [-0.25, -0.2) is 9.97 Å². The molecule has 0 bridgehead atoms. The molecule has 7 nitrogen and oxygen atoms in total. The standard InChI is InChI=1S/C25H16F3N5O2S/c1-34-16-9-7-14(8-10-16)20-17(11-29)22(31)33-24(18(20)12-30)36-13-19-21(25(26,27)28)35-23(32-19)15-5-3-2-4-6-15/h2-10H,13H2,1H3,(H2,31,33). The molecule has 180 valence electrons. The first-order chi connectivity index (χ1) is 17.3. The van der Waals surface area contributed by atoms with Gasteiger partial charge < -0.3 is 14.9 Å². The summed E-state index contributed by atoms with van der Waals surface area (Å²) in [5.74, 6) is -1.30. The third kappa shape index (κ3) is 4.83. The fourth-order valence-electron chi connectivity index (χ4n) is 3.46. The highest BCUT2D eigenvalue weighted by Gasteiger charge is 2.39. The molecule has 36 heavy (non-hydrogen) atoms. The van der Waals surface area contributed by atoms with E-state index in [1.807, 2.05) is 12.1 Å². The Bertz CT molecular complexity index is 1490. The first kappa shape index (κ1) is 24.6. The number of rotatable bonds is 6. The van der Waals surface area contributed by atoms with Crippen molar-refractivity contribution in [2.45, 2.75) is 17.0 Å². The molecule has 2 aromatic heterocycles. The molecule has 0 aliphatic heterocycles. The van der Waals surface area contributed by atoms with Crippen molar-refractivity contribution >= 4 is 17.6 Å². The van der Waals surface area contributed by atoms with E-state index < -0.39 is 11.9 Å². The topological polar surface area (TPSA) is 122 Å². The molecule has 0 spiro atoms. The van der Waals surface area contributed by atoms with Gasteiger partial charge in [-0.2, -0.15) is 23.7 Å². The average Bonchev–Trinajstić information content (AvgIpc) is 3.33. The van der Waals surface area contributed by atoms with E-state index in [1.165, 1.54) is 7.11 Å². The van der Waals surface area contributed by atoms with Gasteiger partial charge in [0, 0.05) is 16.9 Å². The second-order valence-corrected chi connectivity index (χ2v) is 8.29. The predicted octanol–water partition coefficient (Wildman–Crippen LogP) is 6.05. The van der Waals surface area contributed by atoms with Gasteiger partial charge in [0.25, 0.3) is 0 Å². The minimum absolute atomic E-state index is 0.00940. The number of ether oxygens (including phenoxy) is 1. The number of benzene rings is 2. The number of oxazole rings is 1. The molecule has 0 aliphatic carbocycles. The smallest absolute Gasteiger partial charge is 0.451 e. The van der Waals surface area contributed by atoms with Crippen LogP contribution in [-0.2, 0) is 11.9 Å². The summed E-state index contributed by atoms with van der Waals surface area (Å²) >= 11 is 0.843. The minimum atomic E-state index is -4.78. The van der Waals surface area contributed by atoms with Crippen molar-refractivity contribution in [1.82, 2.24) is 9.97 Å². The Kier molecular flexibility index (Phi) is 6.86. The zero-order chi connectivity index (χ0) is 25.9. The molecular weight excluding hydrogens is 491 g/mol. The van der Waals surface area contributed by atoms with E-state index in [4.69, 9.17) is 14.9 Å². The van der Waals surface area contributed by atoms with Gasteiger partial charge in [-0.3, -0.25) is 0 Å². The Hall–Kier alpha value is -4.48. The molecule has 0 saturated heterocycles. The largest absolute Gasteiger partial charge is 0.497 e. The van der Waals surface area contributed by atoms with Crippen LogP contribution in [0.1, 0.15) is 22.6 Å². The van der Waals surface area contributed by atoms with Crippen LogP contribution in [0.25, 0.3) is 22.6 Å². The second kappa shape index (κ2) is 10.0. The van der Waals surface area contributed by atoms with Crippen LogP contribution in [0.5, 0.6) is 5.75 Å². The molecule has 0 atom stereocenters. The molecule has 4 aromatic rings. The lowest BCUT2D eigenvalue weighted by atomic mass is 9.97. The molecule has 0 aliphatic rings. The van der Waals surface area contributed by atoms with Crippen molar-refractivity contribution in [2.24, 2.45) is 0 Å². The first-order valence-electron chi connectivity index (χ1n) is 10.3. The number of aromatic nitrogens is 2. The number of nitrogens with two attached hydrogens (primary N) is 1. The van der Waals surface area contributed by atoms with E-state index in [1.54, 1.807) is 54.6 Å². The highest BCUT2D eigenvalue weighted by Crippen LogP contribution is 2.40. The summed E-state index contributed by atoms with van der Waals surface area (Å²) < 4.78 is 51.3. The third-order valence-electron chi connectivity index (χ3n) is 5.12. The lowest BCUT2D eigenvalue weighted by Gasteiger charge is -2.13. The van der Waals surface area contributed by atoms with Gasteiger partial charge in [0.1, 0.15) is 40.0 Å². The summed E-state index contributed by atoms with van der Waals surface area (Å²) in [6.07, 6.45) is -4.78. The van der Waals surface area contributed by atoms with Gasteiger partial charge in [-0.15, -0.1) is 0 Å². The Morgan fingerprint density at radius 2 is 1.64 bits per heavy atom. The van der Waals surface area contributed by atoms with E-state index in [0.717, 1.165) is 11.8 Å². The maximum Gasteiger partial charge on any atom is 0.451 e. The van der Waals surface area contributed by atoms with Crippen molar-refractivity contribution in [1.29, 1.82) is 10.5 Å². The van der Waals surface area contributed by atoms with Crippen molar-refractivity contribution in [3.05, 3.63) is 77.2 Å². The quantitative estimate of drug-likeness (QED) is 0.313. The highest BCUT2D eigenvalue weighted by molar-refractivity contribution is 7.98. The van der Waals surface area contributed by atoms with Crippen molar-refractivity contribution in [3.8, 4) is 40.5 Å². The van der Waals surface area contributed by atoms with Gasteiger partial charge in [-0.1, -0.05) is 42.1 Å². The second-order valence-electron chi connectivity index (χ2n) is 7.33. The maximum absolute atomic E-state index is 13.7. The Balaban J connectivity index is 1.76. The summed E-state index contributed by atoms with van der Waals surface area (Å²) in [4.78, 5) is 8.20. The van der Waals surface area contributed by atoms with Gasteiger partial charge in [0.15, 0.2) is 0 Å². The number of pyridine rings is 1. The molecule has 0 saturated carbocycles. The lowest BCUT2D eigenvalue weighted by Crippen LogP contribution is -2.07. The predicted molar refractivity (Wildman–Crippen MR) is 127 cm³/mol. The summed E-state index contributed by atoms with van der Waals surface area (Å²) in [6.45, 7) is 0. The fraction of sp³-hybridized carbons (Fsp3) is 0.120. The molecule has 0 unspecified atom stereocenters. The molecule has 2 aromatic carbocycles. The number of hydrogen-bond donors (Lipinski definition) is 1. The fourth-order valence-corrected chi connectivity index (χ4v) is 4.38. The number of thioether (sulfide) groups is 1. The molecule has 4 rings (SSSR count). The number of anilines is 1. The SMILES string of the molecule is COc1ccc(-c2c(C#N)c(N)nc(SCc3nc(-c4ccccc4)oc3C(F)(F)F)c2C#N)cc1. The van der Waals surface area contributed by atoms with Crippen LogP contribution in [-0.4, -0.2) is 17.1 Å². The van der Waals surface area contributed by atoms with Crippen molar-refractivity contribution < 1.29 is 22.3 Å². The number of nitrogen functional groups attached to an aromatic ring is 1. The highest BCUT2D eigenvalue weighted by atomic mass is 32.2. The average molecular weight is 507 g/mol. The van der Waals surface area contributed by atoms with E-state index in [-0.39, 0.29) is 44.9 Å². The molecule has 0 radical (unpaired) electrons. The molecule has 0 fully saturated rings. The van der Waals surface area contributed by atoms with Crippen LogP contribution in [0.2, 0.25) is 0 Å². The van der Waals surface area contributed by atoms with E-state index >= 15 is 0 Å². The van der Waals surface area contributed by atoms with Crippen molar-refractivity contribution in [2.75, 3.05) is 12.8 Å². The summed E-state index contributed by atoms with van der Waals surface area (Å²) in [7, 11) is 1.50. The third-order valence-corrected chi connectivity index (χ3v) is 6.10. The summed E-state index contributed by atoms with van der Waals surface area (Å²) in [6, 6.07) is 18.8. The van der Waals surface area contributed by atoms with E-state index in [2.05, 4.69) is 9.97 Å². The maximum atomic E-state index is 13.7. The summed E-state index contributed by atoms with van der Waals surface area (Å²) in [5.41, 5.74) is 6.78. The van der Waals surface area contributed by atoms with Crippen LogP contribution in [0.15, 0.2) is 64.0 Å². The molecule has 0 amide bonds. The van der Waals surface area contributed by atoms with Crippen LogP contribution in [0.3, 0.4) is 0 Å². The first-order valence-corrected chi connectivity index (χ1v) is 11.3. The van der Waals surface area contributed by atoms with Crippen LogP contribution in [0.4, 0.5) is 19.0 Å². The van der Waals surface area contributed by atoms with Gasteiger partial charge in [-0.05, 0) is 29.8 Å². The van der Waals surface area contributed by atoms with E-state index in [0.29, 0.717) is 16.9 Å². The number of nitrogens with zero attached hydrogens (tertiary/aromatic N) is 4. The normalized spacial score (nSPS) is 11.1. The number of alkyl halides is 3. The van der Waals surface area contributed by atoms with Crippen LogP contribution >= 0.6 is 11.8 Å². The van der Waals surface area contributed by atoms with E-state index in [9.17, 15) is 23.7 Å². The van der Waals surface area contributed by atoms with Crippen LogP contribution in [0, 0.1) is 22.7 Å².